The monoisotopic (exact) mass is 190 g/mol. The van der Waals surface area contributed by atoms with E-state index in [2.05, 4.69) is 29.5 Å². The average molecular weight is 190 g/mol. The van der Waals surface area contributed by atoms with E-state index < -0.39 is 0 Å². The lowest BCUT2D eigenvalue weighted by Gasteiger charge is -2.28. The normalized spacial score (nSPS) is 27.5. The molecule has 0 spiro atoms. The Bertz CT molecular complexity index is 263. The Morgan fingerprint density at radius 1 is 1.14 bits per heavy atom. The quantitative estimate of drug-likeness (QED) is 0.774. The van der Waals surface area contributed by atoms with Crippen LogP contribution in [0.4, 0.5) is 0 Å². The number of nitrogens with zero attached hydrogens (tertiary/aromatic N) is 1. The fraction of sp³-hybridized carbons (Fsp3) is 0.583. The highest BCUT2D eigenvalue weighted by Crippen LogP contribution is 2.32. The number of pyridine rings is 1. The van der Waals surface area contributed by atoms with Crippen molar-refractivity contribution in [3.05, 3.63) is 30.1 Å². The SMILES string of the molecule is CNC1CCC(c2ccncc2)CC1. The Morgan fingerprint density at radius 3 is 2.36 bits per heavy atom. The topological polar surface area (TPSA) is 24.9 Å². The zero-order valence-electron chi connectivity index (χ0n) is 8.74. The van der Waals surface area contributed by atoms with Gasteiger partial charge in [0.2, 0.25) is 0 Å². The van der Waals surface area contributed by atoms with Crippen molar-refractivity contribution in [3.63, 3.8) is 0 Å². The molecule has 1 heterocycles. The lowest BCUT2D eigenvalue weighted by molar-refractivity contribution is 0.358. The van der Waals surface area contributed by atoms with Crippen LogP contribution in [0, 0.1) is 0 Å². The highest BCUT2D eigenvalue weighted by molar-refractivity contribution is 5.16. The minimum atomic E-state index is 0.744. The molecule has 0 aromatic carbocycles. The van der Waals surface area contributed by atoms with Crippen LogP contribution >= 0.6 is 0 Å². The van der Waals surface area contributed by atoms with Crippen LogP contribution in [0.5, 0.6) is 0 Å². The summed E-state index contributed by atoms with van der Waals surface area (Å²) in [7, 11) is 2.07. The summed E-state index contributed by atoms with van der Waals surface area (Å²) < 4.78 is 0. The second kappa shape index (κ2) is 4.56. The van der Waals surface area contributed by atoms with Gasteiger partial charge in [-0.15, -0.1) is 0 Å². The minimum absolute atomic E-state index is 0.744. The summed E-state index contributed by atoms with van der Waals surface area (Å²) in [4.78, 5) is 4.06. The Hall–Kier alpha value is -0.890. The molecule has 76 valence electrons. The Balaban J connectivity index is 1.96. The first-order valence-electron chi connectivity index (χ1n) is 5.47. The third-order valence-corrected chi connectivity index (χ3v) is 3.31. The van der Waals surface area contributed by atoms with Crippen molar-refractivity contribution in [1.29, 1.82) is 0 Å². The van der Waals surface area contributed by atoms with Crippen molar-refractivity contribution in [2.45, 2.75) is 37.6 Å². The maximum absolute atomic E-state index is 4.06. The number of nitrogens with one attached hydrogen (secondary N) is 1. The van der Waals surface area contributed by atoms with Crippen molar-refractivity contribution in [3.8, 4) is 0 Å². The zero-order chi connectivity index (χ0) is 9.80. The van der Waals surface area contributed by atoms with Crippen LogP contribution < -0.4 is 5.32 Å². The van der Waals surface area contributed by atoms with Gasteiger partial charge in [-0.25, -0.2) is 0 Å². The van der Waals surface area contributed by atoms with Crippen molar-refractivity contribution < 1.29 is 0 Å². The van der Waals surface area contributed by atoms with E-state index in [4.69, 9.17) is 0 Å². The zero-order valence-corrected chi connectivity index (χ0v) is 8.74. The summed E-state index contributed by atoms with van der Waals surface area (Å²) in [5, 5.41) is 3.36. The number of hydrogen-bond acceptors (Lipinski definition) is 2. The van der Waals surface area contributed by atoms with E-state index in [9.17, 15) is 0 Å². The molecule has 0 radical (unpaired) electrons. The van der Waals surface area contributed by atoms with Crippen LogP contribution in [0.25, 0.3) is 0 Å². The van der Waals surface area contributed by atoms with Gasteiger partial charge >= 0.3 is 0 Å². The fourth-order valence-corrected chi connectivity index (χ4v) is 2.35. The van der Waals surface area contributed by atoms with Crippen molar-refractivity contribution >= 4 is 0 Å². The molecule has 2 nitrogen and oxygen atoms in total. The van der Waals surface area contributed by atoms with Gasteiger partial charge in [0.05, 0.1) is 0 Å². The maximum atomic E-state index is 4.06. The molecule has 0 amide bonds. The standard InChI is InChI=1S/C12H18N2/c1-13-12-4-2-10(3-5-12)11-6-8-14-9-7-11/h6-10,12-13H,2-5H2,1H3. The summed E-state index contributed by atoms with van der Waals surface area (Å²) in [6.45, 7) is 0. The molecule has 1 aromatic rings. The van der Waals surface area contributed by atoms with Crippen LogP contribution in [-0.4, -0.2) is 18.1 Å². The largest absolute Gasteiger partial charge is 0.317 e. The molecule has 1 aliphatic rings. The van der Waals surface area contributed by atoms with Gasteiger partial charge in [0, 0.05) is 18.4 Å². The van der Waals surface area contributed by atoms with E-state index in [1.165, 1.54) is 31.2 Å². The third-order valence-electron chi connectivity index (χ3n) is 3.31. The molecule has 1 saturated carbocycles. The molecule has 2 heteroatoms. The Morgan fingerprint density at radius 2 is 1.79 bits per heavy atom. The highest BCUT2D eigenvalue weighted by atomic mass is 14.9. The summed E-state index contributed by atoms with van der Waals surface area (Å²) in [5.74, 6) is 0.766. The highest BCUT2D eigenvalue weighted by Gasteiger charge is 2.20. The first-order chi connectivity index (χ1) is 6.90. The Kier molecular flexibility index (Phi) is 3.14. The van der Waals surface area contributed by atoms with Crippen LogP contribution in [0.1, 0.15) is 37.2 Å². The number of aromatic nitrogens is 1. The molecule has 0 atom stereocenters. The summed E-state index contributed by atoms with van der Waals surface area (Å²) >= 11 is 0. The number of rotatable bonds is 2. The Labute approximate surface area is 85.7 Å². The lowest BCUT2D eigenvalue weighted by atomic mass is 9.82. The molecule has 0 aliphatic heterocycles. The second-order valence-corrected chi connectivity index (χ2v) is 4.12. The molecular weight excluding hydrogens is 172 g/mol. The molecule has 1 fully saturated rings. The average Bonchev–Trinajstić information content (AvgIpc) is 2.30. The molecule has 0 bridgehead atoms. The van der Waals surface area contributed by atoms with E-state index >= 15 is 0 Å². The third kappa shape index (κ3) is 2.13. The van der Waals surface area contributed by atoms with Crippen LogP contribution in [0.2, 0.25) is 0 Å². The van der Waals surface area contributed by atoms with Crippen LogP contribution in [0.3, 0.4) is 0 Å². The van der Waals surface area contributed by atoms with Gasteiger partial charge in [0.15, 0.2) is 0 Å². The molecule has 1 aromatic heterocycles. The predicted molar refractivity (Wildman–Crippen MR) is 58.3 cm³/mol. The lowest BCUT2D eigenvalue weighted by Crippen LogP contribution is -2.29. The van der Waals surface area contributed by atoms with Gasteiger partial charge in [-0.2, -0.15) is 0 Å². The van der Waals surface area contributed by atoms with Gasteiger partial charge in [0.25, 0.3) is 0 Å². The molecule has 0 saturated heterocycles. The van der Waals surface area contributed by atoms with Gasteiger partial charge in [-0.3, -0.25) is 4.98 Å². The van der Waals surface area contributed by atoms with Crippen molar-refractivity contribution in [2.75, 3.05) is 7.05 Å². The second-order valence-electron chi connectivity index (χ2n) is 4.12. The molecule has 1 aliphatic carbocycles. The molecular formula is C12H18N2. The first kappa shape index (κ1) is 9.66. The smallest absolute Gasteiger partial charge is 0.0270 e. The fourth-order valence-electron chi connectivity index (χ4n) is 2.35. The first-order valence-corrected chi connectivity index (χ1v) is 5.47. The van der Waals surface area contributed by atoms with E-state index in [0.29, 0.717) is 0 Å². The van der Waals surface area contributed by atoms with Gasteiger partial charge < -0.3 is 5.32 Å². The van der Waals surface area contributed by atoms with Crippen LogP contribution in [-0.2, 0) is 0 Å². The maximum Gasteiger partial charge on any atom is 0.0270 e. The van der Waals surface area contributed by atoms with Gasteiger partial charge in [-0.05, 0) is 56.3 Å². The number of hydrogen-bond donors (Lipinski definition) is 1. The van der Waals surface area contributed by atoms with E-state index in [1.54, 1.807) is 0 Å². The minimum Gasteiger partial charge on any atom is -0.317 e. The van der Waals surface area contributed by atoms with E-state index in [0.717, 1.165) is 12.0 Å². The molecule has 1 N–H and O–H groups in total. The molecule has 2 rings (SSSR count). The van der Waals surface area contributed by atoms with Gasteiger partial charge in [-0.1, -0.05) is 0 Å². The van der Waals surface area contributed by atoms with Crippen LogP contribution in [0.15, 0.2) is 24.5 Å². The summed E-state index contributed by atoms with van der Waals surface area (Å²) in [5.41, 5.74) is 1.47. The van der Waals surface area contributed by atoms with E-state index in [-0.39, 0.29) is 0 Å². The summed E-state index contributed by atoms with van der Waals surface area (Å²) in [6.07, 6.45) is 9.05. The molecule has 0 unspecified atom stereocenters. The van der Waals surface area contributed by atoms with Crippen molar-refractivity contribution in [2.24, 2.45) is 0 Å². The summed E-state index contributed by atoms with van der Waals surface area (Å²) in [6, 6.07) is 5.06. The van der Waals surface area contributed by atoms with Crippen molar-refractivity contribution in [1.82, 2.24) is 10.3 Å². The van der Waals surface area contributed by atoms with E-state index in [1.807, 2.05) is 12.4 Å². The molecule has 14 heavy (non-hydrogen) atoms. The predicted octanol–water partition coefficient (Wildman–Crippen LogP) is 2.33. The van der Waals surface area contributed by atoms with Gasteiger partial charge in [0.1, 0.15) is 0 Å².